The molecule has 1 aromatic carbocycles. The fourth-order valence-corrected chi connectivity index (χ4v) is 3.06. The SMILES string of the molecule is COc1ccccc1-c1cc(C(=O)NCc2cnn3ccccc23)n(C)n1. The molecule has 0 atom stereocenters. The molecule has 0 spiro atoms. The second-order valence-corrected chi connectivity index (χ2v) is 6.12. The topological polar surface area (TPSA) is 73.4 Å². The molecular formula is C20H19N5O2. The van der Waals surface area contributed by atoms with Crippen molar-refractivity contribution in [3.8, 4) is 17.0 Å². The van der Waals surface area contributed by atoms with Gasteiger partial charge in [-0.25, -0.2) is 4.52 Å². The number of carbonyl (C=O) groups excluding carboxylic acids is 1. The third kappa shape index (κ3) is 3.15. The number of para-hydroxylation sites is 1. The van der Waals surface area contributed by atoms with Gasteiger partial charge in [0.1, 0.15) is 11.4 Å². The Labute approximate surface area is 156 Å². The summed E-state index contributed by atoms with van der Waals surface area (Å²) >= 11 is 0. The van der Waals surface area contributed by atoms with Gasteiger partial charge in [0.2, 0.25) is 0 Å². The highest BCUT2D eigenvalue weighted by molar-refractivity contribution is 5.94. The van der Waals surface area contributed by atoms with Crippen LogP contribution in [0.3, 0.4) is 0 Å². The van der Waals surface area contributed by atoms with Gasteiger partial charge in [-0.2, -0.15) is 10.2 Å². The summed E-state index contributed by atoms with van der Waals surface area (Å²) in [5.74, 6) is 0.523. The predicted molar refractivity (Wildman–Crippen MR) is 102 cm³/mol. The number of fused-ring (bicyclic) bond motifs is 1. The van der Waals surface area contributed by atoms with E-state index in [2.05, 4.69) is 15.5 Å². The van der Waals surface area contributed by atoms with E-state index in [1.807, 2.05) is 48.7 Å². The summed E-state index contributed by atoms with van der Waals surface area (Å²) in [7, 11) is 3.37. The molecule has 0 aliphatic carbocycles. The van der Waals surface area contributed by atoms with E-state index in [1.165, 1.54) is 0 Å². The fourth-order valence-electron chi connectivity index (χ4n) is 3.06. The maximum atomic E-state index is 12.7. The lowest BCUT2D eigenvalue weighted by molar-refractivity contribution is 0.0941. The molecule has 0 aliphatic rings. The molecule has 0 saturated carbocycles. The summed E-state index contributed by atoms with van der Waals surface area (Å²) in [6.07, 6.45) is 3.64. The van der Waals surface area contributed by atoms with E-state index in [-0.39, 0.29) is 5.91 Å². The highest BCUT2D eigenvalue weighted by Gasteiger charge is 2.16. The Bertz CT molecular complexity index is 1110. The number of hydrogen-bond acceptors (Lipinski definition) is 4. The van der Waals surface area contributed by atoms with E-state index >= 15 is 0 Å². The molecule has 1 amide bonds. The summed E-state index contributed by atoms with van der Waals surface area (Å²) in [6.45, 7) is 0.390. The molecular weight excluding hydrogens is 342 g/mol. The second-order valence-electron chi connectivity index (χ2n) is 6.12. The second kappa shape index (κ2) is 6.95. The molecule has 0 saturated heterocycles. The summed E-state index contributed by atoms with van der Waals surface area (Å²) in [6, 6.07) is 15.2. The molecule has 4 rings (SSSR count). The van der Waals surface area contributed by atoms with Crippen molar-refractivity contribution in [2.45, 2.75) is 6.54 Å². The van der Waals surface area contributed by atoms with Crippen LogP contribution in [0.15, 0.2) is 60.9 Å². The summed E-state index contributed by atoms with van der Waals surface area (Å²) in [5.41, 5.74) is 3.94. The van der Waals surface area contributed by atoms with Crippen LogP contribution in [-0.2, 0) is 13.6 Å². The number of nitrogens with zero attached hydrogens (tertiary/aromatic N) is 4. The molecule has 3 aromatic heterocycles. The van der Waals surface area contributed by atoms with Crippen LogP contribution < -0.4 is 10.1 Å². The Morgan fingerprint density at radius 3 is 2.85 bits per heavy atom. The molecule has 4 aromatic rings. The van der Waals surface area contributed by atoms with Crippen molar-refractivity contribution in [1.29, 1.82) is 0 Å². The average molecular weight is 361 g/mol. The minimum Gasteiger partial charge on any atom is -0.496 e. The molecule has 7 heteroatoms. The van der Waals surface area contributed by atoms with E-state index in [4.69, 9.17) is 4.74 Å². The predicted octanol–water partition coefficient (Wildman–Crippen LogP) is 2.67. The van der Waals surface area contributed by atoms with Gasteiger partial charge in [0.25, 0.3) is 5.91 Å². The minimum absolute atomic E-state index is 0.193. The Balaban J connectivity index is 1.55. The molecule has 1 N–H and O–H groups in total. The molecule has 7 nitrogen and oxygen atoms in total. The number of nitrogens with one attached hydrogen (secondary N) is 1. The lowest BCUT2D eigenvalue weighted by Gasteiger charge is -2.04. The molecule has 0 unspecified atom stereocenters. The standard InChI is InChI=1S/C20H19N5O2/c1-24-18(11-16(23-24)15-7-3-4-9-19(15)27-2)20(26)21-12-14-13-22-25-10-6-5-8-17(14)25/h3-11,13H,12H2,1-2H3,(H,21,26). The maximum absolute atomic E-state index is 12.7. The first kappa shape index (κ1) is 16.8. The number of ether oxygens (including phenoxy) is 1. The summed E-state index contributed by atoms with van der Waals surface area (Å²) < 4.78 is 8.75. The fraction of sp³-hybridized carbons (Fsp3) is 0.150. The van der Waals surface area contributed by atoms with Gasteiger partial charge in [-0.1, -0.05) is 18.2 Å². The van der Waals surface area contributed by atoms with Gasteiger partial charge in [0.05, 0.1) is 24.5 Å². The van der Waals surface area contributed by atoms with Crippen LogP contribution in [0.25, 0.3) is 16.8 Å². The zero-order chi connectivity index (χ0) is 18.8. The van der Waals surface area contributed by atoms with Crippen LogP contribution in [0.5, 0.6) is 5.75 Å². The highest BCUT2D eigenvalue weighted by atomic mass is 16.5. The van der Waals surface area contributed by atoms with E-state index < -0.39 is 0 Å². The van der Waals surface area contributed by atoms with E-state index in [0.29, 0.717) is 23.7 Å². The number of methoxy groups -OCH3 is 1. The van der Waals surface area contributed by atoms with Crippen molar-refractivity contribution in [3.05, 3.63) is 72.2 Å². The van der Waals surface area contributed by atoms with E-state index in [0.717, 1.165) is 16.6 Å². The quantitative estimate of drug-likeness (QED) is 0.593. The Morgan fingerprint density at radius 1 is 1.19 bits per heavy atom. The van der Waals surface area contributed by atoms with Crippen molar-refractivity contribution >= 4 is 11.4 Å². The number of rotatable bonds is 5. The lowest BCUT2D eigenvalue weighted by Crippen LogP contribution is -2.25. The van der Waals surface area contributed by atoms with E-state index in [1.54, 1.807) is 35.6 Å². The number of aromatic nitrogens is 4. The van der Waals surface area contributed by atoms with Crippen molar-refractivity contribution < 1.29 is 9.53 Å². The average Bonchev–Trinajstić information content (AvgIpc) is 3.29. The molecule has 0 aliphatic heterocycles. The smallest absolute Gasteiger partial charge is 0.269 e. The van der Waals surface area contributed by atoms with Gasteiger partial charge < -0.3 is 10.1 Å². The summed E-state index contributed by atoms with van der Waals surface area (Å²) in [5, 5.41) is 11.7. The van der Waals surface area contributed by atoms with Gasteiger partial charge in [-0.15, -0.1) is 0 Å². The number of benzene rings is 1. The number of hydrogen-bond donors (Lipinski definition) is 1. The zero-order valence-electron chi connectivity index (χ0n) is 15.1. The van der Waals surface area contributed by atoms with Gasteiger partial charge in [-0.3, -0.25) is 9.48 Å². The number of carbonyl (C=O) groups is 1. The van der Waals surface area contributed by atoms with Gasteiger partial charge in [-0.05, 0) is 30.3 Å². The third-order valence-corrected chi connectivity index (χ3v) is 4.44. The largest absolute Gasteiger partial charge is 0.496 e. The van der Waals surface area contributed by atoms with Crippen LogP contribution in [0, 0.1) is 0 Å². The normalized spacial score (nSPS) is 10.9. The van der Waals surface area contributed by atoms with E-state index in [9.17, 15) is 4.79 Å². The van der Waals surface area contributed by atoms with Crippen molar-refractivity contribution in [2.75, 3.05) is 7.11 Å². The number of aryl methyl sites for hydroxylation is 1. The molecule has 27 heavy (non-hydrogen) atoms. The van der Waals surface area contributed by atoms with Crippen molar-refractivity contribution in [3.63, 3.8) is 0 Å². The first-order chi connectivity index (χ1) is 13.2. The number of pyridine rings is 1. The van der Waals surface area contributed by atoms with Crippen molar-refractivity contribution in [2.24, 2.45) is 7.05 Å². The Hall–Kier alpha value is -3.61. The van der Waals surface area contributed by atoms with Gasteiger partial charge in [0.15, 0.2) is 0 Å². The molecule has 0 radical (unpaired) electrons. The molecule has 136 valence electrons. The van der Waals surface area contributed by atoms with Crippen LogP contribution in [0.2, 0.25) is 0 Å². The van der Waals surface area contributed by atoms with Crippen LogP contribution in [0.1, 0.15) is 16.1 Å². The third-order valence-electron chi connectivity index (χ3n) is 4.44. The lowest BCUT2D eigenvalue weighted by atomic mass is 10.1. The van der Waals surface area contributed by atoms with Crippen molar-refractivity contribution in [1.82, 2.24) is 24.7 Å². The minimum atomic E-state index is -0.193. The van der Waals surface area contributed by atoms with Crippen LogP contribution in [0.4, 0.5) is 0 Å². The maximum Gasteiger partial charge on any atom is 0.269 e. The Kier molecular flexibility index (Phi) is 4.33. The molecule has 0 bridgehead atoms. The van der Waals surface area contributed by atoms with Gasteiger partial charge in [0, 0.05) is 30.9 Å². The van der Waals surface area contributed by atoms with Gasteiger partial charge >= 0.3 is 0 Å². The number of amides is 1. The molecule has 3 heterocycles. The first-order valence-corrected chi connectivity index (χ1v) is 8.54. The monoisotopic (exact) mass is 361 g/mol. The Morgan fingerprint density at radius 2 is 2.00 bits per heavy atom. The van der Waals surface area contributed by atoms with Crippen LogP contribution in [-0.4, -0.2) is 32.4 Å². The first-order valence-electron chi connectivity index (χ1n) is 8.54. The highest BCUT2D eigenvalue weighted by Crippen LogP contribution is 2.28. The zero-order valence-corrected chi connectivity index (χ0v) is 15.1. The van der Waals surface area contributed by atoms with Crippen LogP contribution >= 0.6 is 0 Å². The molecule has 0 fully saturated rings. The summed E-state index contributed by atoms with van der Waals surface area (Å²) in [4.78, 5) is 12.7.